The van der Waals surface area contributed by atoms with Gasteiger partial charge in [-0.25, -0.2) is 0 Å². The lowest BCUT2D eigenvalue weighted by molar-refractivity contribution is 0.0979. The molecule has 0 aromatic carbocycles. The van der Waals surface area contributed by atoms with Crippen molar-refractivity contribution in [2.24, 2.45) is 0 Å². The minimum absolute atomic E-state index is 0.276. The van der Waals surface area contributed by atoms with Gasteiger partial charge in [0.05, 0.1) is 12.7 Å². The van der Waals surface area contributed by atoms with Crippen LogP contribution in [0, 0.1) is 0 Å². The fraction of sp³-hybridized carbons (Fsp3) is 0.600. The zero-order chi connectivity index (χ0) is 8.69. The van der Waals surface area contributed by atoms with Crippen LogP contribution < -0.4 is 0 Å². The molecule has 11 heavy (non-hydrogen) atoms. The van der Waals surface area contributed by atoms with Crippen LogP contribution in [0.4, 0.5) is 0 Å². The molecule has 0 aromatic heterocycles. The van der Waals surface area contributed by atoms with Crippen LogP contribution in [0.2, 0.25) is 0 Å². The lowest BCUT2D eigenvalue weighted by Gasteiger charge is -2.15. The summed E-state index contributed by atoms with van der Waals surface area (Å²) in [5, 5.41) is 0. The fourth-order valence-electron chi connectivity index (χ4n) is 0.941. The van der Waals surface area contributed by atoms with Crippen LogP contribution >= 0.6 is 0 Å². The summed E-state index contributed by atoms with van der Waals surface area (Å²) in [6.45, 7) is 10.5. The third kappa shape index (κ3) is 3.99. The van der Waals surface area contributed by atoms with Gasteiger partial charge in [0.15, 0.2) is 0 Å². The summed E-state index contributed by atoms with van der Waals surface area (Å²) in [7, 11) is 0. The molecule has 0 rings (SSSR count). The van der Waals surface area contributed by atoms with Crippen molar-refractivity contribution in [3.8, 4) is 0 Å². The smallest absolute Gasteiger partial charge is 0.0783 e. The molecule has 0 aliphatic carbocycles. The summed E-state index contributed by atoms with van der Waals surface area (Å²) in [6.07, 6.45) is 5.19. The van der Waals surface area contributed by atoms with Gasteiger partial charge < -0.3 is 4.74 Å². The van der Waals surface area contributed by atoms with Gasteiger partial charge in [0.2, 0.25) is 0 Å². The van der Waals surface area contributed by atoms with E-state index in [1.807, 2.05) is 6.92 Å². The van der Waals surface area contributed by atoms with Crippen LogP contribution in [-0.2, 0) is 4.74 Å². The van der Waals surface area contributed by atoms with E-state index in [4.69, 9.17) is 4.74 Å². The zero-order valence-corrected chi connectivity index (χ0v) is 7.76. The molecule has 0 spiro atoms. The van der Waals surface area contributed by atoms with Gasteiger partial charge in [-0.15, -0.1) is 6.58 Å². The molecular formula is C10H18O. The van der Waals surface area contributed by atoms with E-state index < -0.39 is 0 Å². The number of hydrogen-bond acceptors (Lipinski definition) is 1. The lowest BCUT2D eigenvalue weighted by Crippen LogP contribution is -2.12. The Hall–Kier alpha value is -0.560. The predicted molar refractivity (Wildman–Crippen MR) is 49.7 cm³/mol. The van der Waals surface area contributed by atoms with Gasteiger partial charge in [0, 0.05) is 0 Å². The maximum absolute atomic E-state index is 5.51. The van der Waals surface area contributed by atoms with Crippen molar-refractivity contribution < 1.29 is 4.74 Å². The zero-order valence-electron chi connectivity index (χ0n) is 7.76. The van der Waals surface area contributed by atoms with Crippen LogP contribution in [0.3, 0.4) is 0 Å². The molecule has 0 N–H and O–H groups in total. The Bertz CT molecular complexity index is 136. The van der Waals surface area contributed by atoms with E-state index in [0.29, 0.717) is 6.61 Å². The van der Waals surface area contributed by atoms with Crippen LogP contribution in [0.25, 0.3) is 0 Å². The second kappa shape index (κ2) is 6.17. The minimum Gasteiger partial charge on any atom is -0.370 e. The first-order valence-electron chi connectivity index (χ1n) is 4.11. The number of ether oxygens (including phenoxy) is 1. The topological polar surface area (TPSA) is 9.23 Å². The normalized spacial score (nSPS) is 14.6. The van der Waals surface area contributed by atoms with Gasteiger partial charge in [0.1, 0.15) is 0 Å². The van der Waals surface area contributed by atoms with Gasteiger partial charge in [-0.3, -0.25) is 0 Å². The van der Waals surface area contributed by atoms with Crippen molar-refractivity contribution in [3.05, 3.63) is 24.3 Å². The largest absolute Gasteiger partial charge is 0.370 e. The monoisotopic (exact) mass is 154 g/mol. The van der Waals surface area contributed by atoms with Gasteiger partial charge in [-0.1, -0.05) is 19.1 Å². The fourth-order valence-corrected chi connectivity index (χ4v) is 0.941. The van der Waals surface area contributed by atoms with Crippen molar-refractivity contribution in [1.82, 2.24) is 0 Å². The van der Waals surface area contributed by atoms with E-state index in [-0.39, 0.29) is 6.10 Å². The van der Waals surface area contributed by atoms with Crippen molar-refractivity contribution in [3.63, 3.8) is 0 Å². The Morgan fingerprint density at radius 2 is 2.27 bits per heavy atom. The Labute approximate surface area is 69.8 Å². The first-order valence-corrected chi connectivity index (χ1v) is 4.11. The lowest BCUT2D eigenvalue weighted by atomic mass is 10.1. The third-order valence-corrected chi connectivity index (χ3v) is 1.75. The Balaban J connectivity index is 3.84. The number of hydrogen-bond donors (Lipinski definition) is 0. The standard InChI is InChI=1S/C10H18O/c1-5-8-11-10(7-3)9(4)6-2/h5-6,10H,1,7-8H2,2-4H3/b9-6+. The molecule has 0 saturated heterocycles. The molecule has 1 unspecified atom stereocenters. The average Bonchev–Trinajstić information content (AvgIpc) is 2.05. The quantitative estimate of drug-likeness (QED) is 0.553. The Morgan fingerprint density at radius 3 is 2.64 bits per heavy atom. The van der Waals surface area contributed by atoms with Crippen LogP contribution in [0.1, 0.15) is 27.2 Å². The highest BCUT2D eigenvalue weighted by atomic mass is 16.5. The molecule has 0 amide bonds. The second-order valence-electron chi connectivity index (χ2n) is 2.55. The second-order valence-corrected chi connectivity index (χ2v) is 2.55. The van der Waals surface area contributed by atoms with Gasteiger partial charge >= 0.3 is 0 Å². The third-order valence-electron chi connectivity index (χ3n) is 1.75. The molecule has 1 nitrogen and oxygen atoms in total. The van der Waals surface area contributed by atoms with E-state index in [9.17, 15) is 0 Å². The van der Waals surface area contributed by atoms with E-state index in [2.05, 4.69) is 26.5 Å². The summed E-state index contributed by atoms with van der Waals surface area (Å²) in [5.41, 5.74) is 1.30. The maximum Gasteiger partial charge on any atom is 0.0783 e. The van der Waals surface area contributed by atoms with E-state index >= 15 is 0 Å². The van der Waals surface area contributed by atoms with E-state index in [0.717, 1.165) is 6.42 Å². The minimum atomic E-state index is 0.276. The molecule has 0 aliphatic heterocycles. The Morgan fingerprint density at radius 1 is 1.64 bits per heavy atom. The molecule has 0 aromatic rings. The van der Waals surface area contributed by atoms with Crippen molar-refractivity contribution >= 4 is 0 Å². The van der Waals surface area contributed by atoms with E-state index in [1.165, 1.54) is 5.57 Å². The summed E-state index contributed by atoms with van der Waals surface area (Å²) < 4.78 is 5.51. The maximum atomic E-state index is 5.51. The van der Waals surface area contributed by atoms with Crippen LogP contribution in [0.15, 0.2) is 24.3 Å². The van der Waals surface area contributed by atoms with Crippen molar-refractivity contribution in [1.29, 1.82) is 0 Å². The molecule has 1 heteroatoms. The first kappa shape index (κ1) is 10.4. The highest BCUT2D eigenvalue weighted by Crippen LogP contribution is 2.09. The van der Waals surface area contributed by atoms with Gasteiger partial charge in [-0.2, -0.15) is 0 Å². The number of rotatable bonds is 5. The summed E-state index contributed by atoms with van der Waals surface area (Å²) >= 11 is 0. The van der Waals surface area contributed by atoms with Crippen LogP contribution in [0.5, 0.6) is 0 Å². The van der Waals surface area contributed by atoms with E-state index in [1.54, 1.807) is 6.08 Å². The summed E-state index contributed by atoms with van der Waals surface area (Å²) in [5.74, 6) is 0. The SMILES string of the molecule is C=CCOC(CC)/C(C)=C/C. The predicted octanol–water partition coefficient (Wildman–Crippen LogP) is 2.93. The molecule has 64 valence electrons. The highest BCUT2D eigenvalue weighted by molar-refractivity contribution is 5.03. The molecule has 1 atom stereocenters. The molecule has 0 saturated carbocycles. The average molecular weight is 154 g/mol. The van der Waals surface area contributed by atoms with Crippen LogP contribution in [-0.4, -0.2) is 12.7 Å². The molecule has 0 heterocycles. The summed E-state index contributed by atoms with van der Waals surface area (Å²) in [4.78, 5) is 0. The van der Waals surface area contributed by atoms with Gasteiger partial charge in [-0.05, 0) is 25.8 Å². The molecule has 0 radical (unpaired) electrons. The van der Waals surface area contributed by atoms with Crippen molar-refractivity contribution in [2.45, 2.75) is 33.3 Å². The first-order chi connectivity index (χ1) is 5.26. The highest BCUT2D eigenvalue weighted by Gasteiger charge is 2.05. The molecule has 0 fully saturated rings. The molecular weight excluding hydrogens is 136 g/mol. The van der Waals surface area contributed by atoms with Gasteiger partial charge in [0.25, 0.3) is 0 Å². The Kier molecular flexibility index (Phi) is 5.86. The molecule has 0 bridgehead atoms. The van der Waals surface area contributed by atoms with Crippen molar-refractivity contribution in [2.75, 3.05) is 6.61 Å². The number of allylic oxidation sites excluding steroid dienone is 1. The summed E-state index contributed by atoms with van der Waals surface area (Å²) in [6, 6.07) is 0. The molecule has 0 aliphatic rings.